The number of hydrogen-bond donors (Lipinski definition) is 1. The summed E-state index contributed by atoms with van der Waals surface area (Å²) in [7, 11) is 5.29. The summed E-state index contributed by atoms with van der Waals surface area (Å²) >= 11 is 0. The molecule has 6 nitrogen and oxygen atoms in total. The van der Waals surface area contributed by atoms with Crippen molar-refractivity contribution in [3.63, 3.8) is 0 Å². The van der Waals surface area contributed by atoms with E-state index in [0.29, 0.717) is 25.2 Å². The van der Waals surface area contributed by atoms with E-state index in [9.17, 15) is 14.0 Å². The van der Waals surface area contributed by atoms with Crippen LogP contribution in [0.3, 0.4) is 0 Å². The Morgan fingerprint density at radius 2 is 1.86 bits per heavy atom. The summed E-state index contributed by atoms with van der Waals surface area (Å²) < 4.78 is 18.4. The lowest BCUT2D eigenvalue weighted by molar-refractivity contribution is -0.132. The first kappa shape index (κ1) is 22.4. The molecular weight excluding hydrogens is 373 g/mol. The predicted molar refractivity (Wildman–Crippen MR) is 112 cm³/mol. The lowest BCUT2D eigenvalue weighted by Crippen LogP contribution is -2.30. The Hall–Kier alpha value is -2.93. The molecule has 2 aromatic carbocycles. The smallest absolute Gasteiger partial charge is 0.250 e. The Morgan fingerprint density at radius 3 is 2.48 bits per heavy atom. The third kappa shape index (κ3) is 6.57. The number of anilines is 2. The molecule has 156 valence electrons. The molecule has 0 fully saturated rings. The van der Waals surface area contributed by atoms with E-state index in [0.717, 1.165) is 16.8 Å². The standard InChI is InChI=1S/C22H28FN3O3/c1-5-22(28)26(13-16-7-6-8-18(23)11-16)14-17-12-19(24-21(27)15-29-4)9-10-20(17)25(2)3/h6-12H,5,13-15H2,1-4H3,(H,24,27). The van der Waals surface area contributed by atoms with Crippen LogP contribution in [0.15, 0.2) is 42.5 Å². The molecule has 0 heterocycles. The second kappa shape index (κ2) is 10.6. The van der Waals surface area contributed by atoms with Gasteiger partial charge in [0.2, 0.25) is 11.8 Å². The number of nitrogens with one attached hydrogen (secondary N) is 1. The molecular formula is C22H28FN3O3. The zero-order chi connectivity index (χ0) is 21.4. The summed E-state index contributed by atoms with van der Waals surface area (Å²) in [5, 5.41) is 2.79. The molecule has 0 aliphatic carbocycles. The maximum Gasteiger partial charge on any atom is 0.250 e. The predicted octanol–water partition coefficient (Wildman–Crippen LogP) is 3.42. The van der Waals surface area contributed by atoms with Gasteiger partial charge < -0.3 is 19.9 Å². The Morgan fingerprint density at radius 1 is 1.10 bits per heavy atom. The van der Waals surface area contributed by atoms with Crippen LogP contribution in [-0.4, -0.2) is 44.5 Å². The first-order chi connectivity index (χ1) is 13.8. The molecule has 2 rings (SSSR count). The zero-order valence-corrected chi connectivity index (χ0v) is 17.4. The van der Waals surface area contributed by atoms with Gasteiger partial charge in [0.15, 0.2) is 0 Å². The molecule has 0 atom stereocenters. The van der Waals surface area contributed by atoms with Crippen LogP contribution in [0.2, 0.25) is 0 Å². The van der Waals surface area contributed by atoms with Crippen LogP contribution in [0.1, 0.15) is 24.5 Å². The van der Waals surface area contributed by atoms with Crippen molar-refractivity contribution >= 4 is 23.2 Å². The van der Waals surface area contributed by atoms with Crippen LogP contribution in [0.25, 0.3) is 0 Å². The molecule has 0 radical (unpaired) electrons. The molecule has 0 aliphatic heterocycles. The van der Waals surface area contributed by atoms with Crippen LogP contribution in [0, 0.1) is 5.82 Å². The molecule has 7 heteroatoms. The van der Waals surface area contributed by atoms with Crippen LogP contribution in [0.5, 0.6) is 0 Å². The molecule has 0 bridgehead atoms. The molecule has 0 aromatic heterocycles. The SMILES string of the molecule is CCC(=O)N(Cc1cccc(F)c1)Cc1cc(NC(=O)COC)ccc1N(C)C. The molecule has 0 unspecified atom stereocenters. The lowest BCUT2D eigenvalue weighted by atomic mass is 10.1. The van der Waals surface area contributed by atoms with Gasteiger partial charge in [0.1, 0.15) is 12.4 Å². The molecule has 0 saturated heterocycles. The number of nitrogens with zero attached hydrogens (tertiary/aromatic N) is 2. The van der Waals surface area contributed by atoms with Crippen LogP contribution >= 0.6 is 0 Å². The van der Waals surface area contributed by atoms with Gasteiger partial charge in [-0.2, -0.15) is 0 Å². The van der Waals surface area contributed by atoms with E-state index in [2.05, 4.69) is 5.32 Å². The zero-order valence-electron chi connectivity index (χ0n) is 17.4. The summed E-state index contributed by atoms with van der Waals surface area (Å²) in [4.78, 5) is 28.1. The van der Waals surface area contributed by atoms with Gasteiger partial charge in [0.25, 0.3) is 0 Å². The minimum absolute atomic E-state index is 0.0345. The van der Waals surface area contributed by atoms with Crippen molar-refractivity contribution < 1.29 is 18.7 Å². The van der Waals surface area contributed by atoms with Crippen LogP contribution in [0.4, 0.5) is 15.8 Å². The number of halogens is 1. The van der Waals surface area contributed by atoms with Gasteiger partial charge in [-0.1, -0.05) is 19.1 Å². The number of ether oxygens (including phenoxy) is 1. The second-order valence-electron chi connectivity index (χ2n) is 6.95. The summed E-state index contributed by atoms with van der Waals surface area (Å²) in [6.45, 7) is 2.40. The highest BCUT2D eigenvalue weighted by atomic mass is 19.1. The molecule has 1 N–H and O–H groups in total. The number of amides is 2. The number of carbonyl (C=O) groups is 2. The van der Waals surface area contributed by atoms with E-state index in [1.165, 1.54) is 19.2 Å². The van der Waals surface area contributed by atoms with Gasteiger partial charge in [-0.3, -0.25) is 9.59 Å². The number of rotatable bonds is 9. The molecule has 2 aromatic rings. The Kier molecular flexibility index (Phi) is 8.15. The largest absolute Gasteiger partial charge is 0.377 e. The topological polar surface area (TPSA) is 61.9 Å². The first-order valence-electron chi connectivity index (χ1n) is 9.45. The fourth-order valence-electron chi connectivity index (χ4n) is 3.07. The average molecular weight is 401 g/mol. The van der Waals surface area contributed by atoms with E-state index in [1.54, 1.807) is 24.0 Å². The maximum atomic E-state index is 13.6. The summed E-state index contributed by atoms with van der Waals surface area (Å²) in [6, 6.07) is 11.8. The van der Waals surface area contributed by atoms with Crippen LogP contribution < -0.4 is 10.2 Å². The van der Waals surface area contributed by atoms with Gasteiger partial charge in [-0.05, 0) is 41.5 Å². The van der Waals surface area contributed by atoms with E-state index in [1.807, 2.05) is 37.2 Å². The normalized spacial score (nSPS) is 10.5. The number of benzene rings is 2. The van der Waals surface area contributed by atoms with Crippen molar-refractivity contribution in [3.8, 4) is 0 Å². The van der Waals surface area contributed by atoms with Crippen molar-refractivity contribution in [1.29, 1.82) is 0 Å². The average Bonchev–Trinajstić information content (AvgIpc) is 2.67. The summed E-state index contributed by atoms with van der Waals surface area (Å²) in [6.07, 6.45) is 0.344. The van der Waals surface area contributed by atoms with Crippen LogP contribution in [-0.2, 0) is 27.4 Å². The van der Waals surface area contributed by atoms with Gasteiger partial charge in [0.05, 0.1) is 0 Å². The fraction of sp³-hybridized carbons (Fsp3) is 0.364. The lowest BCUT2D eigenvalue weighted by Gasteiger charge is -2.26. The van der Waals surface area contributed by atoms with Crippen molar-refractivity contribution in [2.75, 3.05) is 38.0 Å². The summed E-state index contributed by atoms with van der Waals surface area (Å²) in [5.74, 6) is -0.617. The van der Waals surface area contributed by atoms with Crippen molar-refractivity contribution in [3.05, 3.63) is 59.4 Å². The Balaban J connectivity index is 2.31. The van der Waals surface area contributed by atoms with Crippen molar-refractivity contribution in [2.45, 2.75) is 26.4 Å². The van der Waals surface area contributed by atoms with E-state index < -0.39 is 0 Å². The molecule has 2 amide bonds. The number of methoxy groups -OCH3 is 1. The quantitative estimate of drug-likeness (QED) is 0.700. The molecule has 29 heavy (non-hydrogen) atoms. The van der Waals surface area contributed by atoms with Gasteiger partial charge in [0, 0.05) is 52.1 Å². The second-order valence-corrected chi connectivity index (χ2v) is 6.95. The monoisotopic (exact) mass is 401 g/mol. The van der Waals surface area contributed by atoms with Crippen molar-refractivity contribution in [2.24, 2.45) is 0 Å². The molecule has 0 aliphatic rings. The highest BCUT2D eigenvalue weighted by Gasteiger charge is 2.17. The summed E-state index contributed by atoms with van der Waals surface area (Å²) in [5.41, 5.74) is 3.16. The third-order valence-electron chi connectivity index (χ3n) is 4.40. The fourth-order valence-corrected chi connectivity index (χ4v) is 3.07. The number of hydrogen-bond acceptors (Lipinski definition) is 4. The Labute approximate surface area is 171 Å². The highest BCUT2D eigenvalue weighted by molar-refractivity contribution is 5.92. The van der Waals surface area contributed by atoms with E-state index in [4.69, 9.17) is 4.74 Å². The molecule has 0 saturated carbocycles. The molecule has 0 spiro atoms. The third-order valence-corrected chi connectivity index (χ3v) is 4.40. The minimum Gasteiger partial charge on any atom is -0.377 e. The minimum atomic E-state index is -0.330. The van der Waals surface area contributed by atoms with Gasteiger partial charge in [-0.15, -0.1) is 0 Å². The van der Waals surface area contributed by atoms with Crippen molar-refractivity contribution in [1.82, 2.24) is 4.90 Å². The van der Waals surface area contributed by atoms with E-state index in [-0.39, 0.29) is 24.2 Å². The maximum absolute atomic E-state index is 13.6. The Bertz CT molecular complexity index is 855. The first-order valence-corrected chi connectivity index (χ1v) is 9.45. The van der Waals surface area contributed by atoms with Gasteiger partial charge in [-0.25, -0.2) is 4.39 Å². The van der Waals surface area contributed by atoms with Gasteiger partial charge >= 0.3 is 0 Å². The van der Waals surface area contributed by atoms with E-state index >= 15 is 0 Å². The highest BCUT2D eigenvalue weighted by Crippen LogP contribution is 2.25. The number of carbonyl (C=O) groups excluding carboxylic acids is 2.